The van der Waals surface area contributed by atoms with Crippen LogP contribution in [0.3, 0.4) is 0 Å². The Bertz CT molecular complexity index is 946. The lowest BCUT2D eigenvalue weighted by atomic mass is 10.0. The molecule has 24 heavy (non-hydrogen) atoms. The highest BCUT2D eigenvalue weighted by atomic mass is 16.3. The van der Waals surface area contributed by atoms with Gasteiger partial charge in [-0.15, -0.1) is 0 Å². The second-order valence-corrected chi connectivity index (χ2v) is 5.42. The second kappa shape index (κ2) is 6.01. The van der Waals surface area contributed by atoms with Crippen molar-refractivity contribution in [1.29, 1.82) is 0 Å². The summed E-state index contributed by atoms with van der Waals surface area (Å²) in [6, 6.07) is 24.0. The lowest BCUT2D eigenvalue weighted by molar-refractivity contribution is 0.580. The predicted octanol–water partition coefficient (Wildman–Crippen LogP) is 4.65. The minimum Gasteiger partial charge on any atom is -0.463 e. The Balaban J connectivity index is 1.71. The van der Waals surface area contributed by atoms with E-state index in [1.807, 2.05) is 48.5 Å². The van der Waals surface area contributed by atoms with Gasteiger partial charge in [0.2, 0.25) is 5.95 Å². The molecule has 0 fully saturated rings. The number of nitrogen functional groups attached to an aromatic ring is 1. The average molecular weight is 313 g/mol. The summed E-state index contributed by atoms with van der Waals surface area (Å²) in [5, 5.41) is 0. The lowest BCUT2D eigenvalue weighted by Gasteiger charge is -2.06. The first-order valence-electron chi connectivity index (χ1n) is 7.64. The van der Waals surface area contributed by atoms with Crippen molar-refractivity contribution in [2.24, 2.45) is 0 Å². The third kappa shape index (κ3) is 2.77. The van der Waals surface area contributed by atoms with Crippen LogP contribution in [0.4, 0.5) is 5.95 Å². The summed E-state index contributed by atoms with van der Waals surface area (Å²) >= 11 is 0. The van der Waals surface area contributed by atoms with E-state index in [0.717, 1.165) is 16.8 Å². The van der Waals surface area contributed by atoms with Crippen LogP contribution in [0.15, 0.2) is 83.5 Å². The maximum Gasteiger partial charge on any atom is 0.221 e. The molecular formula is C20H15N3O. The van der Waals surface area contributed by atoms with Gasteiger partial charge in [0.05, 0.1) is 12.0 Å². The Kier molecular flexibility index (Phi) is 3.56. The van der Waals surface area contributed by atoms with E-state index in [0.29, 0.717) is 11.5 Å². The Morgan fingerprint density at radius 2 is 1.33 bits per heavy atom. The Morgan fingerprint density at radius 3 is 2.04 bits per heavy atom. The molecule has 4 aromatic rings. The predicted molar refractivity (Wildman–Crippen MR) is 95.0 cm³/mol. The molecule has 2 N–H and O–H groups in total. The fourth-order valence-corrected chi connectivity index (χ4v) is 2.63. The largest absolute Gasteiger partial charge is 0.463 e. The standard InChI is InChI=1S/C20H15N3O/c21-20-22-17(13-18(23-20)19-7-4-12-24-19)16-10-8-15(9-11-16)14-5-2-1-3-6-14/h1-13H,(H2,21,22,23). The van der Waals surface area contributed by atoms with E-state index >= 15 is 0 Å². The molecule has 116 valence electrons. The van der Waals surface area contributed by atoms with E-state index in [4.69, 9.17) is 10.2 Å². The Hall–Kier alpha value is -3.40. The first kappa shape index (κ1) is 14.2. The SMILES string of the molecule is Nc1nc(-c2ccc(-c3ccccc3)cc2)cc(-c2ccco2)n1. The number of aromatic nitrogens is 2. The van der Waals surface area contributed by atoms with Gasteiger partial charge in [0.15, 0.2) is 5.76 Å². The van der Waals surface area contributed by atoms with E-state index in [2.05, 4.69) is 34.2 Å². The van der Waals surface area contributed by atoms with Crippen molar-refractivity contribution in [2.45, 2.75) is 0 Å². The summed E-state index contributed by atoms with van der Waals surface area (Å²) in [6.45, 7) is 0. The molecule has 0 aliphatic heterocycles. The van der Waals surface area contributed by atoms with Crippen molar-refractivity contribution in [1.82, 2.24) is 9.97 Å². The fraction of sp³-hybridized carbons (Fsp3) is 0. The van der Waals surface area contributed by atoms with Gasteiger partial charge in [0.25, 0.3) is 0 Å². The molecular weight excluding hydrogens is 298 g/mol. The van der Waals surface area contributed by atoms with Crippen molar-refractivity contribution in [3.05, 3.63) is 79.1 Å². The van der Waals surface area contributed by atoms with Crippen molar-refractivity contribution in [2.75, 3.05) is 5.73 Å². The Morgan fingerprint density at radius 1 is 0.667 bits per heavy atom. The van der Waals surface area contributed by atoms with E-state index < -0.39 is 0 Å². The number of hydrogen-bond acceptors (Lipinski definition) is 4. The molecule has 0 atom stereocenters. The molecule has 0 saturated carbocycles. The molecule has 4 rings (SSSR count). The minimum atomic E-state index is 0.228. The van der Waals surface area contributed by atoms with Crippen molar-refractivity contribution in [3.8, 4) is 33.8 Å². The zero-order chi connectivity index (χ0) is 16.4. The van der Waals surface area contributed by atoms with Crippen molar-refractivity contribution in [3.63, 3.8) is 0 Å². The molecule has 2 heterocycles. The molecule has 0 amide bonds. The van der Waals surface area contributed by atoms with Gasteiger partial charge in [0, 0.05) is 5.56 Å². The molecule has 0 bridgehead atoms. The third-order valence-corrected chi connectivity index (χ3v) is 3.80. The molecule has 0 aliphatic rings. The first-order chi connectivity index (χ1) is 11.8. The number of nitrogens with zero attached hydrogens (tertiary/aromatic N) is 2. The van der Waals surface area contributed by atoms with Crippen LogP contribution < -0.4 is 5.73 Å². The number of furan rings is 1. The average Bonchev–Trinajstić information content (AvgIpc) is 3.17. The van der Waals surface area contributed by atoms with Crippen LogP contribution in [-0.4, -0.2) is 9.97 Å². The van der Waals surface area contributed by atoms with Crippen molar-refractivity contribution >= 4 is 5.95 Å². The number of rotatable bonds is 3. The van der Waals surface area contributed by atoms with Crippen molar-refractivity contribution < 1.29 is 4.42 Å². The summed E-state index contributed by atoms with van der Waals surface area (Å²) in [6.07, 6.45) is 1.61. The summed E-state index contributed by atoms with van der Waals surface area (Å²) in [5.74, 6) is 0.900. The fourth-order valence-electron chi connectivity index (χ4n) is 2.63. The first-order valence-corrected chi connectivity index (χ1v) is 7.64. The highest BCUT2D eigenvalue weighted by molar-refractivity contribution is 5.71. The second-order valence-electron chi connectivity index (χ2n) is 5.42. The van der Waals surface area contributed by atoms with E-state index in [9.17, 15) is 0 Å². The molecule has 4 nitrogen and oxygen atoms in total. The highest BCUT2D eigenvalue weighted by Gasteiger charge is 2.09. The van der Waals surface area contributed by atoms with Gasteiger partial charge in [-0.1, -0.05) is 54.6 Å². The highest BCUT2D eigenvalue weighted by Crippen LogP contribution is 2.27. The van der Waals surface area contributed by atoms with E-state index in [1.165, 1.54) is 5.56 Å². The van der Waals surface area contributed by atoms with Crippen LogP contribution in [0.25, 0.3) is 33.8 Å². The molecule has 0 radical (unpaired) electrons. The summed E-state index contributed by atoms with van der Waals surface area (Å²) in [5.41, 5.74) is 10.6. The number of hydrogen-bond donors (Lipinski definition) is 1. The molecule has 0 spiro atoms. The third-order valence-electron chi connectivity index (χ3n) is 3.80. The number of benzene rings is 2. The summed E-state index contributed by atoms with van der Waals surface area (Å²) in [7, 11) is 0. The van der Waals surface area contributed by atoms with Gasteiger partial charge in [-0.2, -0.15) is 0 Å². The maximum atomic E-state index is 5.86. The zero-order valence-electron chi connectivity index (χ0n) is 12.9. The van der Waals surface area contributed by atoms with Crippen LogP contribution in [0.5, 0.6) is 0 Å². The molecule has 0 unspecified atom stereocenters. The maximum absolute atomic E-state index is 5.86. The summed E-state index contributed by atoms with van der Waals surface area (Å²) < 4.78 is 5.40. The van der Waals surface area contributed by atoms with Gasteiger partial charge >= 0.3 is 0 Å². The number of nitrogens with two attached hydrogens (primary N) is 1. The van der Waals surface area contributed by atoms with Gasteiger partial charge in [0.1, 0.15) is 5.69 Å². The van der Waals surface area contributed by atoms with Gasteiger partial charge in [-0.3, -0.25) is 0 Å². The van der Waals surface area contributed by atoms with Crippen LogP contribution in [-0.2, 0) is 0 Å². The normalized spacial score (nSPS) is 10.7. The Labute approximate surface area is 139 Å². The molecule has 2 aromatic heterocycles. The molecule has 0 aliphatic carbocycles. The topological polar surface area (TPSA) is 64.9 Å². The van der Waals surface area contributed by atoms with Gasteiger partial charge in [-0.25, -0.2) is 9.97 Å². The quantitative estimate of drug-likeness (QED) is 0.598. The van der Waals surface area contributed by atoms with E-state index in [-0.39, 0.29) is 5.95 Å². The molecule has 4 heteroatoms. The van der Waals surface area contributed by atoms with Gasteiger partial charge in [-0.05, 0) is 29.3 Å². The monoisotopic (exact) mass is 313 g/mol. The summed E-state index contributed by atoms with van der Waals surface area (Å²) in [4.78, 5) is 8.58. The van der Waals surface area contributed by atoms with Crippen LogP contribution in [0, 0.1) is 0 Å². The van der Waals surface area contributed by atoms with E-state index in [1.54, 1.807) is 6.26 Å². The van der Waals surface area contributed by atoms with Gasteiger partial charge < -0.3 is 10.2 Å². The zero-order valence-corrected chi connectivity index (χ0v) is 12.9. The van der Waals surface area contributed by atoms with Crippen LogP contribution in [0.2, 0.25) is 0 Å². The van der Waals surface area contributed by atoms with Crippen LogP contribution >= 0.6 is 0 Å². The van der Waals surface area contributed by atoms with Crippen LogP contribution in [0.1, 0.15) is 0 Å². The minimum absolute atomic E-state index is 0.228. The lowest BCUT2D eigenvalue weighted by Crippen LogP contribution is -1.98. The molecule has 2 aromatic carbocycles. The number of anilines is 1. The smallest absolute Gasteiger partial charge is 0.221 e. The molecule has 0 saturated heterocycles.